The maximum Gasteiger partial charge on any atom is 0.418 e. The molecule has 1 aromatic carbocycles. The summed E-state index contributed by atoms with van der Waals surface area (Å²) in [7, 11) is 3.88. The van der Waals surface area contributed by atoms with E-state index in [1.807, 2.05) is 19.0 Å². The minimum absolute atomic E-state index is 0.273. The molecule has 4 nitrogen and oxygen atoms in total. The summed E-state index contributed by atoms with van der Waals surface area (Å²) in [6.07, 6.45) is -4.44. The van der Waals surface area contributed by atoms with Crippen molar-refractivity contribution in [3.63, 3.8) is 0 Å². The smallest absolute Gasteiger partial charge is 0.398 e. The predicted octanol–water partition coefficient (Wildman–Crippen LogP) is 2.28. The maximum absolute atomic E-state index is 12.7. The fourth-order valence-electron chi connectivity index (χ4n) is 1.53. The first-order valence-electron chi connectivity index (χ1n) is 6.24. The summed E-state index contributed by atoms with van der Waals surface area (Å²) in [5, 5.41) is 2.88. The van der Waals surface area contributed by atoms with E-state index < -0.39 is 11.7 Å². The first-order valence-corrected chi connectivity index (χ1v) is 6.24. The van der Waals surface area contributed by atoms with E-state index in [0.717, 1.165) is 12.6 Å². The Bertz CT molecular complexity index is 422. The van der Waals surface area contributed by atoms with Gasteiger partial charge in [-0.05, 0) is 32.3 Å². The molecule has 1 rings (SSSR count). The number of nitrogen functional groups attached to an aromatic ring is 1. The lowest BCUT2D eigenvalue weighted by Gasteiger charge is -2.13. The molecule has 1 aromatic rings. The van der Waals surface area contributed by atoms with E-state index in [4.69, 9.17) is 10.5 Å². The normalized spacial score (nSPS) is 11.9. The van der Waals surface area contributed by atoms with E-state index in [-0.39, 0.29) is 5.69 Å². The molecule has 0 aliphatic rings. The van der Waals surface area contributed by atoms with Gasteiger partial charge in [-0.3, -0.25) is 0 Å². The van der Waals surface area contributed by atoms with Crippen LogP contribution in [-0.4, -0.2) is 45.3 Å². The number of anilines is 2. The van der Waals surface area contributed by atoms with Gasteiger partial charge < -0.3 is 20.7 Å². The average molecular weight is 291 g/mol. The highest BCUT2D eigenvalue weighted by molar-refractivity contribution is 5.58. The molecule has 0 saturated carbocycles. The molecular formula is C13H20F3N3O. The van der Waals surface area contributed by atoms with Gasteiger partial charge in [0.1, 0.15) is 0 Å². The molecule has 0 bridgehead atoms. The Hall–Kier alpha value is -1.47. The quantitative estimate of drug-likeness (QED) is 0.598. The molecule has 7 heteroatoms. The van der Waals surface area contributed by atoms with Crippen molar-refractivity contribution < 1.29 is 17.9 Å². The minimum Gasteiger partial charge on any atom is -0.398 e. The molecule has 20 heavy (non-hydrogen) atoms. The topological polar surface area (TPSA) is 50.5 Å². The van der Waals surface area contributed by atoms with Crippen LogP contribution in [0, 0.1) is 0 Å². The van der Waals surface area contributed by atoms with Crippen LogP contribution in [0.4, 0.5) is 24.5 Å². The number of nitrogens with two attached hydrogens (primary N) is 1. The molecule has 3 N–H and O–H groups in total. The number of nitrogens with zero attached hydrogens (tertiary/aromatic N) is 1. The first kappa shape index (κ1) is 16.6. The molecule has 0 amide bonds. The molecular weight excluding hydrogens is 271 g/mol. The highest BCUT2D eigenvalue weighted by Gasteiger charge is 2.33. The Balaban J connectivity index is 2.41. The number of nitrogens with one attached hydrogen (secondary N) is 1. The van der Waals surface area contributed by atoms with Crippen molar-refractivity contribution >= 4 is 11.4 Å². The van der Waals surface area contributed by atoms with Crippen molar-refractivity contribution in [1.29, 1.82) is 0 Å². The molecule has 0 spiro atoms. The SMILES string of the molecule is CN(C)CCOCCNc1ccc(N)c(C(F)(F)F)c1. The summed E-state index contributed by atoms with van der Waals surface area (Å²) in [5.74, 6) is 0. The van der Waals surface area contributed by atoms with E-state index in [2.05, 4.69) is 5.32 Å². The van der Waals surface area contributed by atoms with Crippen LogP contribution in [-0.2, 0) is 10.9 Å². The van der Waals surface area contributed by atoms with Gasteiger partial charge in [-0.2, -0.15) is 13.2 Å². The lowest BCUT2D eigenvalue weighted by Crippen LogP contribution is -2.20. The maximum atomic E-state index is 12.7. The molecule has 0 heterocycles. The van der Waals surface area contributed by atoms with E-state index in [9.17, 15) is 13.2 Å². The number of rotatable bonds is 7. The summed E-state index contributed by atoms with van der Waals surface area (Å²) in [5.41, 5.74) is 4.60. The molecule has 0 fully saturated rings. The third kappa shape index (κ3) is 5.66. The highest BCUT2D eigenvalue weighted by Crippen LogP contribution is 2.34. The van der Waals surface area contributed by atoms with Gasteiger partial charge in [0.05, 0.1) is 18.8 Å². The second-order valence-corrected chi connectivity index (χ2v) is 4.64. The first-order chi connectivity index (χ1) is 9.30. The van der Waals surface area contributed by atoms with Crippen molar-refractivity contribution in [3.05, 3.63) is 23.8 Å². The fraction of sp³-hybridized carbons (Fsp3) is 0.538. The fourth-order valence-corrected chi connectivity index (χ4v) is 1.53. The Morgan fingerprint density at radius 1 is 1.25 bits per heavy atom. The van der Waals surface area contributed by atoms with E-state index >= 15 is 0 Å². The van der Waals surface area contributed by atoms with E-state index in [1.54, 1.807) is 0 Å². The van der Waals surface area contributed by atoms with Crippen molar-refractivity contribution in [2.75, 3.05) is 51.4 Å². The molecule has 0 saturated heterocycles. The van der Waals surface area contributed by atoms with Gasteiger partial charge in [-0.25, -0.2) is 0 Å². The Labute approximate surface area is 116 Å². The zero-order valence-electron chi connectivity index (χ0n) is 11.6. The third-order valence-corrected chi connectivity index (χ3v) is 2.62. The van der Waals surface area contributed by atoms with Gasteiger partial charge in [0.15, 0.2) is 0 Å². The molecule has 0 atom stereocenters. The predicted molar refractivity (Wildman–Crippen MR) is 73.7 cm³/mol. The van der Waals surface area contributed by atoms with Crippen LogP contribution in [0.15, 0.2) is 18.2 Å². The summed E-state index contributed by atoms with van der Waals surface area (Å²) < 4.78 is 43.3. The van der Waals surface area contributed by atoms with Crippen molar-refractivity contribution in [1.82, 2.24) is 4.90 Å². The van der Waals surface area contributed by atoms with Crippen LogP contribution in [0.1, 0.15) is 5.56 Å². The number of halogens is 3. The number of hydrogen-bond donors (Lipinski definition) is 2. The van der Waals surface area contributed by atoms with Crippen molar-refractivity contribution in [3.8, 4) is 0 Å². The van der Waals surface area contributed by atoms with E-state index in [0.29, 0.717) is 25.4 Å². The van der Waals surface area contributed by atoms with Crippen LogP contribution >= 0.6 is 0 Å². The van der Waals surface area contributed by atoms with Crippen molar-refractivity contribution in [2.24, 2.45) is 0 Å². The average Bonchev–Trinajstić information content (AvgIpc) is 2.33. The molecule has 0 aromatic heterocycles. The largest absolute Gasteiger partial charge is 0.418 e. The van der Waals surface area contributed by atoms with Crippen LogP contribution in [0.2, 0.25) is 0 Å². The number of benzene rings is 1. The van der Waals surface area contributed by atoms with E-state index in [1.165, 1.54) is 12.1 Å². The zero-order valence-corrected chi connectivity index (χ0v) is 11.6. The molecule has 0 radical (unpaired) electrons. The Morgan fingerprint density at radius 2 is 1.95 bits per heavy atom. The van der Waals surface area contributed by atoms with Crippen LogP contribution < -0.4 is 11.1 Å². The summed E-state index contributed by atoms with van der Waals surface area (Å²) in [6.45, 7) is 2.26. The molecule has 0 unspecified atom stereocenters. The lowest BCUT2D eigenvalue weighted by atomic mass is 10.1. The second kappa shape index (κ2) is 7.35. The third-order valence-electron chi connectivity index (χ3n) is 2.62. The molecule has 0 aliphatic carbocycles. The van der Waals surface area contributed by atoms with Crippen LogP contribution in [0.25, 0.3) is 0 Å². The summed E-state index contributed by atoms with van der Waals surface area (Å²) in [6, 6.07) is 3.78. The standard InChI is InChI=1S/C13H20F3N3O/c1-19(2)6-8-20-7-5-18-10-3-4-12(17)11(9-10)13(14,15)16/h3-4,9,18H,5-8,17H2,1-2H3. The lowest BCUT2D eigenvalue weighted by molar-refractivity contribution is -0.136. The Kier molecular flexibility index (Phi) is 6.09. The summed E-state index contributed by atoms with van der Waals surface area (Å²) in [4.78, 5) is 1.99. The highest BCUT2D eigenvalue weighted by atomic mass is 19.4. The Morgan fingerprint density at radius 3 is 2.55 bits per heavy atom. The molecule has 114 valence electrons. The van der Waals surface area contributed by atoms with Gasteiger partial charge in [0.2, 0.25) is 0 Å². The number of hydrogen-bond acceptors (Lipinski definition) is 4. The van der Waals surface area contributed by atoms with Crippen LogP contribution in [0.3, 0.4) is 0 Å². The van der Waals surface area contributed by atoms with Crippen LogP contribution in [0.5, 0.6) is 0 Å². The van der Waals surface area contributed by atoms with Crippen molar-refractivity contribution in [2.45, 2.75) is 6.18 Å². The second-order valence-electron chi connectivity index (χ2n) is 4.64. The van der Waals surface area contributed by atoms with Gasteiger partial charge >= 0.3 is 6.18 Å². The summed E-state index contributed by atoms with van der Waals surface area (Å²) >= 11 is 0. The van der Waals surface area contributed by atoms with Gasteiger partial charge in [0, 0.05) is 24.5 Å². The van der Waals surface area contributed by atoms with Gasteiger partial charge in [-0.15, -0.1) is 0 Å². The number of alkyl halides is 3. The number of ether oxygens (including phenoxy) is 1. The monoisotopic (exact) mass is 291 g/mol. The van der Waals surface area contributed by atoms with Gasteiger partial charge in [0.25, 0.3) is 0 Å². The zero-order chi connectivity index (χ0) is 15.2. The van der Waals surface area contributed by atoms with Gasteiger partial charge in [-0.1, -0.05) is 0 Å². The number of likely N-dealkylation sites (N-methyl/N-ethyl adjacent to an activating group) is 1. The minimum atomic E-state index is -4.44. The molecule has 0 aliphatic heterocycles.